The van der Waals surface area contributed by atoms with E-state index in [2.05, 4.69) is 39.5 Å². The number of aryl methyl sites for hydroxylation is 1. The van der Waals surface area contributed by atoms with Gasteiger partial charge in [0.2, 0.25) is 5.91 Å². The van der Waals surface area contributed by atoms with E-state index in [0.717, 1.165) is 73.9 Å². The van der Waals surface area contributed by atoms with Gasteiger partial charge in [0.05, 0.1) is 4.91 Å². The molecule has 3 unspecified atom stereocenters. The highest BCUT2D eigenvalue weighted by Gasteiger charge is 2.39. The zero-order chi connectivity index (χ0) is 26.5. The van der Waals surface area contributed by atoms with Crippen LogP contribution in [0.4, 0.5) is 5.69 Å². The van der Waals surface area contributed by atoms with Crippen molar-refractivity contribution in [2.45, 2.75) is 43.9 Å². The first-order valence-electron chi connectivity index (χ1n) is 13.7. The zero-order valence-corrected chi connectivity index (χ0v) is 23.6. The molecule has 6 nitrogen and oxygen atoms in total. The van der Waals surface area contributed by atoms with Crippen LogP contribution in [0.25, 0.3) is 6.08 Å². The van der Waals surface area contributed by atoms with Gasteiger partial charge in [-0.3, -0.25) is 14.5 Å². The summed E-state index contributed by atoms with van der Waals surface area (Å²) in [6.07, 6.45) is 5.45. The van der Waals surface area contributed by atoms with Gasteiger partial charge in [-0.15, -0.1) is 11.8 Å². The van der Waals surface area contributed by atoms with Crippen LogP contribution in [-0.4, -0.2) is 67.3 Å². The van der Waals surface area contributed by atoms with Gasteiger partial charge in [-0.1, -0.05) is 48.0 Å². The number of piperazine rings is 1. The highest BCUT2D eigenvalue weighted by Crippen LogP contribution is 2.40. The molecule has 2 saturated heterocycles. The average molecular weight is 553 g/mol. The first-order valence-corrected chi connectivity index (χ1v) is 15.0. The molecular formula is C30H37ClN4O2S. The number of nitrogens with zero attached hydrogens (tertiary/aromatic N) is 2. The zero-order valence-electron chi connectivity index (χ0n) is 22.0. The van der Waals surface area contributed by atoms with Crippen molar-refractivity contribution in [3.63, 3.8) is 0 Å². The number of carbonyl (C=O) groups is 2. The van der Waals surface area contributed by atoms with Crippen LogP contribution < -0.4 is 15.5 Å². The maximum Gasteiger partial charge on any atom is 0.257 e. The fraction of sp³-hybridized carbons (Fsp3) is 0.467. The normalized spacial score (nSPS) is 25.1. The van der Waals surface area contributed by atoms with Gasteiger partial charge in [0.15, 0.2) is 0 Å². The van der Waals surface area contributed by atoms with Crippen LogP contribution in [0.1, 0.15) is 36.8 Å². The number of halogens is 1. The third-order valence-corrected chi connectivity index (χ3v) is 9.57. The van der Waals surface area contributed by atoms with Crippen molar-refractivity contribution in [2.24, 2.45) is 5.92 Å². The molecule has 0 spiro atoms. The number of nitrogens with one attached hydrogen (secondary N) is 2. The summed E-state index contributed by atoms with van der Waals surface area (Å²) in [4.78, 5) is 31.3. The van der Waals surface area contributed by atoms with E-state index < -0.39 is 0 Å². The molecule has 3 fully saturated rings. The number of anilines is 1. The van der Waals surface area contributed by atoms with Crippen molar-refractivity contribution in [3.05, 3.63) is 69.6 Å². The second kappa shape index (κ2) is 12.6. The van der Waals surface area contributed by atoms with Crippen LogP contribution in [0.15, 0.2) is 53.4 Å². The van der Waals surface area contributed by atoms with Gasteiger partial charge in [-0.2, -0.15) is 0 Å². The van der Waals surface area contributed by atoms with Crippen molar-refractivity contribution < 1.29 is 9.59 Å². The summed E-state index contributed by atoms with van der Waals surface area (Å²) in [7, 11) is 0. The third kappa shape index (κ3) is 6.74. The molecular weight excluding hydrogens is 516 g/mol. The predicted molar refractivity (Wildman–Crippen MR) is 158 cm³/mol. The highest BCUT2D eigenvalue weighted by molar-refractivity contribution is 8.04. The number of carbonyl (C=O) groups excluding carboxylic acids is 2. The van der Waals surface area contributed by atoms with Gasteiger partial charge in [-0.05, 0) is 68.5 Å². The van der Waals surface area contributed by atoms with E-state index in [1.54, 1.807) is 11.8 Å². The van der Waals surface area contributed by atoms with Crippen LogP contribution in [0.5, 0.6) is 0 Å². The number of hydrogen-bond acceptors (Lipinski definition) is 5. The molecule has 5 rings (SSSR count). The number of rotatable bonds is 7. The topological polar surface area (TPSA) is 64.7 Å². The number of benzene rings is 2. The molecule has 2 aromatic carbocycles. The fourth-order valence-corrected chi connectivity index (χ4v) is 7.18. The summed E-state index contributed by atoms with van der Waals surface area (Å²) in [6, 6.07) is 16.1. The predicted octanol–water partition coefficient (Wildman–Crippen LogP) is 4.72. The van der Waals surface area contributed by atoms with Crippen LogP contribution in [0.3, 0.4) is 0 Å². The fourth-order valence-electron chi connectivity index (χ4n) is 5.72. The SMILES string of the molecule is Cc1ccc(Cl)cc1N1CCN(CCCNC(=O)C2CCC3S/C(=C\c4ccccc4)C(=O)NC3C2)CC1. The highest BCUT2D eigenvalue weighted by atomic mass is 35.5. The minimum absolute atomic E-state index is 0.0215. The number of amides is 2. The molecule has 2 amide bonds. The van der Waals surface area contributed by atoms with Crippen molar-refractivity contribution in [2.75, 3.05) is 44.2 Å². The van der Waals surface area contributed by atoms with E-state index in [9.17, 15) is 9.59 Å². The van der Waals surface area contributed by atoms with Gasteiger partial charge in [0, 0.05) is 60.6 Å². The number of fused-ring (bicyclic) bond motifs is 1. The Morgan fingerprint density at radius 1 is 1.13 bits per heavy atom. The molecule has 2 aliphatic heterocycles. The summed E-state index contributed by atoms with van der Waals surface area (Å²) in [5, 5.41) is 7.46. The Kier molecular flexibility index (Phi) is 8.97. The number of thioether (sulfide) groups is 1. The summed E-state index contributed by atoms with van der Waals surface area (Å²) >= 11 is 7.88. The van der Waals surface area contributed by atoms with E-state index in [0.29, 0.717) is 11.8 Å². The van der Waals surface area contributed by atoms with E-state index in [4.69, 9.17) is 11.6 Å². The average Bonchev–Trinajstić information content (AvgIpc) is 2.93. The monoisotopic (exact) mass is 552 g/mol. The molecule has 38 heavy (non-hydrogen) atoms. The van der Waals surface area contributed by atoms with Crippen molar-refractivity contribution in [1.29, 1.82) is 0 Å². The lowest BCUT2D eigenvalue weighted by Gasteiger charge is -2.39. The maximum absolute atomic E-state index is 12.9. The molecule has 2 aromatic rings. The third-order valence-electron chi connectivity index (χ3n) is 7.91. The summed E-state index contributed by atoms with van der Waals surface area (Å²) in [6.45, 7) is 7.83. The molecule has 0 aromatic heterocycles. The molecule has 8 heteroatoms. The molecule has 3 atom stereocenters. The Hall–Kier alpha value is -2.48. The largest absolute Gasteiger partial charge is 0.369 e. The van der Waals surface area contributed by atoms with Crippen LogP contribution in [0.2, 0.25) is 5.02 Å². The summed E-state index contributed by atoms with van der Waals surface area (Å²) in [5.74, 6) is 0.0858. The maximum atomic E-state index is 12.9. The van der Waals surface area contributed by atoms with Gasteiger partial charge in [0.25, 0.3) is 5.91 Å². The number of hydrogen-bond donors (Lipinski definition) is 2. The molecule has 2 N–H and O–H groups in total. The molecule has 1 saturated carbocycles. The Bertz CT molecular complexity index is 1170. The van der Waals surface area contributed by atoms with Crippen LogP contribution >= 0.6 is 23.4 Å². The molecule has 202 valence electrons. The van der Waals surface area contributed by atoms with Gasteiger partial charge in [0.1, 0.15) is 0 Å². The Labute approximate surface area is 235 Å². The summed E-state index contributed by atoms with van der Waals surface area (Å²) < 4.78 is 0. The van der Waals surface area contributed by atoms with Crippen molar-refractivity contribution in [3.8, 4) is 0 Å². The Morgan fingerprint density at radius 3 is 2.71 bits per heavy atom. The first kappa shape index (κ1) is 27.1. The lowest BCUT2D eigenvalue weighted by atomic mass is 9.84. The van der Waals surface area contributed by atoms with Crippen molar-refractivity contribution >= 4 is 46.9 Å². The Balaban J connectivity index is 1.01. The van der Waals surface area contributed by atoms with E-state index >= 15 is 0 Å². The first-order chi connectivity index (χ1) is 18.5. The van der Waals surface area contributed by atoms with E-state index in [1.807, 2.05) is 42.5 Å². The quantitative estimate of drug-likeness (QED) is 0.384. The minimum Gasteiger partial charge on any atom is -0.369 e. The lowest BCUT2D eigenvalue weighted by Crippen LogP contribution is -2.51. The van der Waals surface area contributed by atoms with Crippen molar-refractivity contribution in [1.82, 2.24) is 15.5 Å². The second-order valence-electron chi connectivity index (χ2n) is 10.6. The molecule has 0 bridgehead atoms. The van der Waals surface area contributed by atoms with Gasteiger partial charge in [-0.25, -0.2) is 0 Å². The van der Waals surface area contributed by atoms with Crippen LogP contribution in [-0.2, 0) is 9.59 Å². The van der Waals surface area contributed by atoms with Crippen LogP contribution in [0, 0.1) is 12.8 Å². The standard InChI is InChI=1S/C30H37ClN4O2S/c1-21-8-10-24(31)20-26(21)35-16-14-34(15-17-35)13-5-12-32-29(36)23-9-11-27-25(19-23)33-30(37)28(38-27)18-22-6-3-2-4-7-22/h2-4,6-8,10,18,20,23,25,27H,5,9,11-17,19H2,1H3,(H,32,36)(H,33,37)/b28-18-. The molecule has 2 heterocycles. The van der Waals surface area contributed by atoms with Gasteiger partial charge >= 0.3 is 0 Å². The Morgan fingerprint density at radius 2 is 1.92 bits per heavy atom. The van der Waals surface area contributed by atoms with Gasteiger partial charge < -0.3 is 15.5 Å². The summed E-state index contributed by atoms with van der Waals surface area (Å²) in [5.41, 5.74) is 3.53. The molecule has 3 aliphatic rings. The smallest absolute Gasteiger partial charge is 0.257 e. The van der Waals surface area contributed by atoms with E-state index in [1.165, 1.54) is 11.3 Å². The molecule has 0 radical (unpaired) electrons. The lowest BCUT2D eigenvalue weighted by molar-refractivity contribution is -0.127. The van der Waals surface area contributed by atoms with E-state index in [-0.39, 0.29) is 23.8 Å². The minimum atomic E-state index is -0.0266. The molecule has 1 aliphatic carbocycles. The second-order valence-corrected chi connectivity index (χ2v) is 12.3.